The fourth-order valence-corrected chi connectivity index (χ4v) is 2.53. The van der Waals surface area contributed by atoms with E-state index in [4.69, 9.17) is 10.5 Å². The van der Waals surface area contributed by atoms with Gasteiger partial charge in [-0.3, -0.25) is 0 Å². The van der Waals surface area contributed by atoms with Crippen molar-refractivity contribution in [3.8, 4) is 11.5 Å². The van der Waals surface area contributed by atoms with Crippen molar-refractivity contribution in [3.05, 3.63) is 57.1 Å². The van der Waals surface area contributed by atoms with Gasteiger partial charge in [0.2, 0.25) is 0 Å². The average molecular weight is 320 g/mol. The monoisotopic (exact) mass is 319 g/mol. The van der Waals surface area contributed by atoms with Crippen LogP contribution >= 0.6 is 15.9 Å². The van der Waals surface area contributed by atoms with Crippen LogP contribution in [0.25, 0.3) is 0 Å². The molecule has 0 atom stereocenters. The number of nitrogens with two attached hydrogens (primary N) is 1. The maximum Gasteiger partial charge on any atom is 0.133 e. The van der Waals surface area contributed by atoms with Gasteiger partial charge in [0.05, 0.1) is 0 Å². The van der Waals surface area contributed by atoms with Gasteiger partial charge >= 0.3 is 0 Å². The number of hydrogen-bond acceptors (Lipinski definition) is 2. The summed E-state index contributed by atoms with van der Waals surface area (Å²) in [7, 11) is 0. The molecule has 3 heteroatoms. The van der Waals surface area contributed by atoms with Gasteiger partial charge in [-0.1, -0.05) is 34.1 Å². The minimum atomic E-state index is 0.445. The number of benzene rings is 2. The molecule has 0 unspecified atom stereocenters. The lowest BCUT2D eigenvalue weighted by Gasteiger charge is -2.16. The van der Waals surface area contributed by atoms with Crippen molar-refractivity contribution in [2.75, 3.05) is 0 Å². The fourth-order valence-electron chi connectivity index (χ4n) is 2.03. The molecule has 0 aliphatic carbocycles. The molecule has 0 bridgehead atoms. The lowest BCUT2D eigenvalue weighted by molar-refractivity contribution is 0.468. The van der Waals surface area contributed by atoms with Crippen LogP contribution in [0.5, 0.6) is 11.5 Å². The second-order valence-electron chi connectivity index (χ2n) is 4.68. The third kappa shape index (κ3) is 2.82. The third-order valence-electron chi connectivity index (χ3n) is 3.37. The second kappa shape index (κ2) is 5.76. The van der Waals surface area contributed by atoms with Crippen molar-refractivity contribution in [1.82, 2.24) is 0 Å². The van der Waals surface area contributed by atoms with Crippen LogP contribution in [0.4, 0.5) is 0 Å². The van der Waals surface area contributed by atoms with Crippen LogP contribution < -0.4 is 10.5 Å². The molecule has 0 spiro atoms. The molecule has 2 nitrogen and oxygen atoms in total. The van der Waals surface area contributed by atoms with Gasteiger partial charge in [-0.15, -0.1) is 0 Å². The summed E-state index contributed by atoms with van der Waals surface area (Å²) in [6, 6.07) is 10.1. The molecule has 2 rings (SSSR count). The summed E-state index contributed by atoms with van der Waals surface area (Å²) in [5, 5.41) is 0. The van der Waals surface area contributed by atoms with Crippen molar-refractivity contribution in [2.24, 2.45) is 5.73 Å². The lowest BCUT2D eigenvalue weighted by Crippen LogP contribution is -2.02. The topological polar surface area (TPSA) is 35.2 Å². The standard InChI is InChI=1S/C16H18BrNO/c1-10-7-8-11(2)16(12(10)3)19-15-6-4-5-14(17)13(15)9-18/h4-8H,9,18H2,1-3H3. The molecule has 0 fully saturated rings. The molecule has 0 heterocycles. The molecule has 0 radical (unpaired) electrons. The highest BCUT2D eigenvalue weighted by Crippen LogP contribution is 2.34. The number of aryl methyl sites for hydroxylation is 2. The molecular weight excluding hydrogens is 302 g/mol. The van der Waals surface area contributed by atoms with E-state index in [9.17, 15) is 0 Å². The van der Waals surface area contributed by atoms with E-state index in [1.807, 2.05) is 18.2 Å². The van der Waals surface area contributed by atoms with Crippen molar-refractivity contribution in [2.45, 2.75) is 27.3 Å². The van der Waals surface area contributed by atoms with Crippen molar-refractivity contribution in [1.29, 1.82) is 0 Å². The molecule has 100 valence electrons. The summed E-state index contributed by atoms with van der Waals surface area (Å²) in [6.07, 6.45) is 0. The summed E-state index contributed by atoms with van der Waals surface area (Å²) in [5.41, 5.74) is 10.3. The van der Waals surface area contributed by atoms with Gasteiger partial charge in [0.1, 0.15) is 11.5 Å². The molecule has 0 saturated carbocycles. The normalized spacial score (nSPS) is 10.6. The van der Waals surface area contributed by atoms with Gasteiger partial charge in [-0.05, 0) is 49.6 Å². The van der Waals surface area contributed by atoms with Crippen LogP contribution in [0.1, 0.15) is 22.3 Å². The highest BCUT2D eigenvalue weighted by molar-refractivity contribution is 9.10. The van der Waals surface area contributed by atoms with E-state index < -0.39 is 0 Å². The van der Waals surface area contributed by atoms with Gasteiger partial charge in [-0.2, -0.15) is 0 Å². The van der Waals surface area contributed by atoms with Crippen LogP contribution in [0.15, 0.2) is 34.8 Å². The first-order valence-corrected chi connectivity index (χ1v) is 7.06. The Kier molecular flexibility index (Phi) is 4.27. The Morgan fingerprint density at radius 1 is 1.05 bits per heavy atom. The van der Waals surface area contributed by atoms with Gasteiger partial charge in [0.15, 0.2) is 0 Å². The Morgan fingerprint density at radius 2 is 1.74 bits per heavy atom. The number of halogens is 1. The minimum absolute atomic E-state index is 0.445. The maximum absolute atomic E-state index is 6.11. The predicted octanol–water partition coefficient (Wildman–Crippen LogP) is 4.63. The van der Waals surface area contributed by atoms with Crippen LogP contribution in [0.2, 0.25) is 0 Å². The third-order valence-corrected chi connectivity index (χ3v) is 4.11. The zero-order chi connectivity index (χ0) is 14.0. The van der Waals surface area contributed by atoms with Crippen molar-refractivity contribution >= 4 is 15.9 Å². The molecule has 2 aromatic carbocycles. The Labute approximate surface area is 122 Å². The summed E-state index contributed by atoms with van der Waals surface area (Å²) in [5.74, 6) is 1.74. The first-order chi connectivity index (χ1) is 9.04. The van der Waals surface area contributed by atoms with Gasteiger partial charge < -0.3 is 10.5 Å². The van der Waals surface area contributed by atoms with E-state index in [2.05, 4.69) is 48.8 Å². The summed E-state index contributed by atoms with van der Waals surface area (Å²) in [4.78, 5) is 0. The summed E-state index contributed by atoms with van der Waals surface area (Å²) < 4.78 is 7.10. The first kappa shape index (κ1) is 14.1. The largest absolute Gasteiger partial charge is 0.456 e. The molecule has 0 amide bonds. The van der Waals surface area contributed by atoms with E-state index in [-0.39, 0.29) is 0 Å². The number of rotatable bonds is 3. The van der Waals surface area contributed by atoms with Crippen LogP contribution in [-0.2, 0) is 6.54 Å². The summed E-state index contributed by atoms with van der Waals surface area (Å²) in [6.45, 7) is 6.67. The van der Waals surface area contributed by atoms with E-state index in [0.717, 1.165) is 27.1 Å². The maximum atomic E-state index is 6.11. The van der Waals surface area contributed by atoms with Crippen molar-refractivity contribution in [3.63, 3.8) is 0 Å². The molecule has 0 aliphatic heterocycles. The molecule has 2 aromatic rings. The van der Waals surface area contributed by atoms with Gasteiger partial charge in [0, 0.05) is 16.6 Å². The lowest BCUT2D eigenvalue weighted by atomic mass is 10.1. The highest BCUT2D eigenvalue weighted by atomic mass is 79.9. The van der Waals surface area contributed by atoms with E-state index in [0.29, 0.717) is 6.54 Å². The molecule has 19 heavy (non-hydrogen) atoms. The number of hydrogen-bond donors (Lipinski definition) is 1. The van der Waals surface area contributed by atoms with Gasteiger partial charge in [-0.25, -0.2) is 0 Å². The van der Waals surface area contributed by atoms with E-state index in [1.165, 1.54) is 11.1 Å². The smallest absolute Gasteiger partial charge is 0.133 e. The molecule has 0 aromatic heterocycles. The fraction of sp³-hybridized carbons (Fsp3) is 0.250. The van der Waals surface area contributed by atoms with E-state index in [1.54, 1.807) is 0 Å². The predicted molar refractivity (Wildman–Crippen MR) is 82.8 cm³/mol. The van der Waals surface area contributed by atoms with Crippen LogP contribution in [0.3, 0.4) is 0 Å². The molecule has 0 aliphatic rings. The van der Waals surface area contributed by atoms with E-state index >= 15 is 0 Å². The minimum Gasteiger partial charge on any atom is -0.456 e. The zero-order valence-corrected chi connectivity index (χ0v) is 13.0. The Morgan fingerprint density at radius 3 is 2.42 bits per heavy atom. The van der Waals surface area contributed by atoms with Gasteiger partial charge in [0.25, 0.3) is 0 Å². The average Bonchev–Trinajstić information content (AvgIpc) is 2.39. The Hall–Kier alpha value is -1.32. The van der Waals surface area contributed by atoms with Crippen molar-refractivity contribution < 1.29 is 4.74 Å². The Balaban J connectivity index is 2.48. The summed E-state index contributed by atoms with van der Waals surface area (Å²) >= 11 is 3.51. The quantitative estimate of drug-likeness (QED) is 0.895. The zero-order valence-electron chi connectivity index (χ0n) is 11.5. The highest BCUT2D eigenvalue weighted by Gasteiger charge is 2.11. The first-order valence-electron chi connectivity index (χ1n) is 6.26. The van der Waals surface area contributed by atoms with Crippen LogP contribution in [-0.4, -0.2) is 0 Å². The molecular formula is C16H18BrNO. The SMILES string of the molecule is Cc1ccc(C)c(Oc2cccc(Br)c2CN)c1C. The molecule has 2 N–H and O–H groups in total. The van der Waals surface area contributed by atoms with Crippen LogP contribution in [0, 0.1) is 20.8 Å². The second-order valence-corrected chi connectivity index (χ2v) is 5.53. The molecule has 0 saturated heterocycles. The Bertz CT molecular complexity index is 608. The number of ether oxygens (including phenoxy) is 1.